The van der Waals surface area contributed by atoms with Crippen molar-refractivity contribution >= 4 is 46.6 Å². The topological polar surface area (TPSA) is 221 Å². The molecule has 1 amide bonds. The van der Waals surface area contributed by atoms with Gasteiger partial charge in [-0.1, -0.05) is 24.3 Å². The fraction of sp³-hybridized carbons (Fsp3) is 0.136. The molecule has 15 heteroatoms. The third kappa shape index (κ3) is 5.71. The number of primary amides is 1. The molecule has 0 spiro atoms. The number of hydrogen-bond acceptors (Lipinski definition) is 11. The van der Waals surface area contributed by atoms with Gasteiger partial charge in [0.15, 0.2) is 17.0 Å². The van der Waals surface area contributed by atoms with Crippen LogP contribution in [-0.4, -0.2) is 44.7 Å². The summed E-state index contributed by atoms with van der Waals surface area (Å²) in [6, 6.07) is 8.69. The molecule has 14 nitrogen and oxygen atoms in total. The van der Waals surface area contributed by atoms with Crippen molar-refractivity contribution in [3.8, 4) is 0 Å². The number of carboxylic acid groups (broad SMARTS) is 1. The minimum Gasteiger partial charge on any atom is -0.477 e. The lowest BCUT2D eigenvalue weighted by Crippen LogP contribution is -2.36. The normalized spacial score (nSPS) is 10.5. The van der Waals surface area contributed by atoms with Gasteiger partial charge in [-0.15, -0.1) is 0 Å². The molecule has 0 saturated carbocycles. The van der Waals surface area contributed by atoms with Crippen LogP contribution in [0.5, 0.6) is 0 Å². The highest BCUT2D eigenvalue weighted by Gasteiger charge is 2.21. The van der Waals surface area contributed by atoms with E-state index in [-0.39, 0.29) is 28.3 Å². The Morgan fingerprint density at radius 1 is 1.14 bits per heavy atom. The number of hydrogen-bond donors (Lipinski definition) is 5. The SMILES string of the molecule is COC(=O)c1cc(C(=O)O)nc2c(C(N)=O)cnn12.Nc1c(NCc2cccc(CNCl)c2)c(=O)c1=O. The first kappa shape index (κ1) is 26.8. The third-order valence-corrected chi connectivity index (χ3v) is 5.16. The predicted octanol–water partition coefficient (Wildman–Crippen LogP) is 0.0333. The molecule has 7 N–H and O–H groups in total. The summed E-state index contributed by atoms with van der Waals surface area (Å²) >= 11 is 5.43. The standard InChI is InChI=1S/C12H12ClN3O2.C10H8N4O5/c13-16-6-8-3-1-2-7(4-8)5-15-10-9(14)11(17)12(10)18;1-19-10(18)6-2-5(9(16)17)13-8-4(7(11)15)3-12-14(6)8/h1-4,15-16H,5-6,14H2;2-3H,1H3,(H2,11,15)(H,16,17). The van der Waals surface area contributed by atoms with Gasteiger partial charge in [-0.2, -0.15) is 5.10 Å². The Morgan fingerprint density at radius 2 is 1.81 bits per heavy atom. The summed E-state index contributed by atoms with van der Waals surface area (Å²) in [6.45, 7) is 0.989. The van der Waals surface area contributed by atoms with E-state index in [0.29, 0.717) is 13.1 Å². The quantitative estimate of drug-likeness (QED) is 0.116. The number of nitrogens with two attached hydrogens (primary N) is 2. The van der Waals surface area contributed by atoms with E-state index in [1.54, 1.807) is 0 Å². The highest BCUT2D eigenvalue weighted by atomic mass is 35.5. The van der Waals surface area contributed by atoms with E-state index in [1.165, 1.54) is 0 Å². The van der Waals surface area contributed by atoms with E-state index in [1.807, 2.05) is 24.3 Å². The largest absolute Gasteiger partial charge is 0.477 e. The van der Waals surface area contributed by atoms with Crippen LogP contribution < -0.4 is 32.5 Å². The number of esters is 1. The van der Waals surface area contributed by atoms with Gasteiger partial charge in [-0.05, 0) is 22.9 Å². The van der Waals surface area contributed by atoms with Crippen LogP contribution in [0.2, 0.25) is 0 Å². The maximum atomic E-state index is 11.6. The van der Waals surface area contributed by atoms with Crippen LogP contribution in [0.25, 0.3) is 5.65 Å². The number of halogens is 1. The van der Waals surface area contributed by atoms with Crippen LogP contribution in [0, 0.1) is 0 Å². The van der Waals surface area contributed by atoms with Crippen molar-refractivity contribution in [3.05, 3.63) is 85.1 Å². The molecule has 4 rings (SSSR count). The fourth-order valence-corrected chi connectivity index (χ4v) is 3.35. The molecule has 2 aromatic heterocycles. The van der Waals surface area contributed by atoms with Crippen molar-refractivity contribution in [3.63, 3.8) is 0 Å². The molecule has 192 valence electrons. The number of nitrogens with one attached hydrogen (secondary N) is 2. The number of benzene rings is 1. The summed E-state index contributed by atoms with van der Waals surface area (Å²) in [5, 5.41) is 15.6. The molecule has 2 heterocycles. The second-order valence-electron chi connectivity index (χ2n) is 7.41. The lowest BCUT2D eigenvalue weighted by molar-refractivity contribution is 0.0590. The van der Waals surface area contributed by atoms with Gasteiger partial charge < -0.3 is 26.6 Å². The van der Waals surface area contributed by atoms with Gasteiger partial charge in [-0.25, -0.2) is 23.9 Å². The minimum atomic E-state index is -1.36. The van der Waals surface area contributed by atoms with E-state index in [4.69, 9.17) is 28.4 Å². The Hall–Kier alpha value is -4.82. The van der Waals surface area contributed by atoms with Crippen LogP contribution >= 0.6 is 11.8 Å². The van der Waals surface area contributed by atoms with E-state index in [0.717, 1.165) is 35.0 Å². The maximum Gasteiger partial charge on any atom is 0.356 e. The Morgan fingerprint density at radius 3 is 2.38 bits per heavy atom. The van der Waals surface area contributed by atoms with Crippen molar-refractivity contribution < 1.29 is 24.2 Å². The molecule has 2 aromatic carbocycles. The lowest BCUT2D eigenvalue weighted by atomic mass is 10.1. The molecule has 0 aliphatic rings. The first-order valence-corrected chi connectivity index (χ1v) is 10.7. The van der Waals surface area contributed by atoms with E-state index in [2.05, 4.69) is 25.0 Å². The molecule has 0 fully saturated rings. The van der Waals surface area contributed by atoms with Gasteiger partial charge in [0.25, 0.3) is 16.8 Å². The monoisotopic (exact) mass is 529 g/mol. The van der Waals surface area contributed by atoms with Gasteiger partial charge in [0.1, 0.15) is 16.9 Å². The molecule has 4 aromatic rings. The Balaban J connectivity index is 0.000000206. The molecule has 0 bridgehead atoms. The molecule has 0 atom stereocenters. The predicted molar refractivity (Wildman–Crippen MR) is 132 cm³/mol. The first-order chi connectivity index (χ1) is 17.6. The van der Waals surface area contributed by atoms with Gasteiger partial charge in [0.05, 0.1) is 13.3 Å². The zero-order chi connectivity index (χ0) is 27.3. The van der Waals surface area contributed by atoms with Crippen LogP contribution in [0.4, 0.5) is 11.4 Å². The van der Waals surface area contributed by atoms with Crippen LogP contribution in [0.15, 0.2) is 46.1 Å². The highest BCUT2D eigenvalue weighted by Crippen LogP contribution is 2.14. The van der Waals surface area contributed by atoms with E-state index in [9.17, 15) is 24.0 Å². The molecule has 0 unspecified atom stereocenters. The van der Waals surface area contributed by atoms with Crippen molar-refractivity contribution in [2.45, 2.75) is 13.1 Å². The number of carboxylic acids is 1. The Kier molecular flexibility index (Phi) is 8.16. The molecule has 0 aliphatic carbocycles. The number of carbonyl (C=O) groups excluding carboxylic acids is 2. The summed E-state index contributed by atoms with van der Waals surface area (Å²) < 4.78 is 5.51. The number of fused-ring (bicyclic) bond motifs is 1. The average molecular weight is 530 g/mol. The number of amides is 1. The van der Waals surface area contributed by atoms with Gasteiger partial charge in [0.2, 0.25) is 0 Å². The second kappa shape index (κ2) is 11.3. The number of anilines is 2. The number of nitrogen functional groups attached to an aromatic ring is 1. The minimum absolute atomic E-state index is 0.0126. The van der Waals surface area contributed by atoms with Crippen molar-refractivity contribution in [1.29, 1.82) is 0 Å². The van der Waals surface area contributed by atoms with Gasteiger partial charge in [0, 0.05) is 19.2 Å². The Labute approximate surface area is 212 Å². The first-order valence-electron chi connectivity index (χ1n) is 10.3. The zero-order valence-corrected chi connectivity index (χ0v) is 19.9. The van der Waals surface area contributed by atoms with Crippen LogP contribution in [-0.2, 0) is 17.8 Å². The van der Waals surface area contributed by atoms with Crippen molar-refractivity contribution in [1.82, 2.24) is 19.4 Å². The van der Waals surface area contributed by atoms with Crippen molar-refractivity contribution in [2.75, 3.05) is 18.2 Å². The molecule has 37 heavy (non-hydrogen) atoms. The zero-order valence-electron chi connectivity index (χ0n) is 19.1. The summed E-state index contributed by atoms with van der Waals surface area (Å²) in [4.78, 5) is 62.1. The molecular formula is C22H20ClN7O7. The molecule has 0 radical (unpaired) electrons. The van der Waals surface area contributed by atoms with Gasteiger partial charge >= 0.3 is 11.9 Å². The molecular weight excluding hydrogens is 510 g/mol. The number of methoxy groups -OCH3 is 1. The highest BCUT2D eigenvalue weighted by molar-refractivity contribution is 6.13. The summed E-state index contributed by atoms with van der Waals surface area (Å²) in [7, 11) is 1.13. The number of aromatic nitrogens is 3. The lowest BCUT2D eigenvalue weighted by Gasteiger charge is -2.10. The number of aromatic carboxylic acids is 1. The fourth-order valence-electron chi connectivity index (χ4n) is 3.20. The number of ether oxygens (including phenoxy) is 1. The molecule has 0 saturated heterocycles. The third-order valence-electron chi connectivity index (χ3n) is 5.03. The van der Waals surface area contributed by atoms with Gasteiger partial charge in [-0.3, -0.25) is 14.4 Å². The van der Waals surface area contributed by atoms with Crippen LogP contribution in [0.1, 0.15) is 42.5 Å². The smallest absolute Gasteiger partial charge is 0.356 e. The maximum absolute atomic E-state index is 11.6. The molecule has 0 aliphatic heterocycles. The van der Waals surface area contributed by atoms with E-state index < -0.39 is 34.4 Å². The summed E-state index contributed by atoms with van der Waals surface area (Å²) in [5.74, 6) is -3.00. The number of nitrogens with zero attached hydrogens (tertiary/aromatic N) is 3. The summed E-state index contributed by atoms with van der Waals surface area (Å²) in [6.07, 6.45) is 1.10. The Bertz CT molecular complexity index is 1570. The van der Waals surface area contributed by atoms with Crippen molar-refractivity contribution in [2.24, 2.45) is 5.73 Å². The summed E-state index contributed by atoms with van der Waals surface area (Å²) in [5.41, 5.74) is 10.8. The average Bonchev–Trinajstić information content (AvgIpc) is 3.32. The number of rotatable bonds is 8. The van der Waals surface area contributed by atoms with Crippen LogP contribution in [0.3, 0.4) is 0 Å². The second-order valence-corrected chi connectivity index (χ2v) is 7.68. The number of carbonyl (C=O) groups is 3. The van der Waals surface area contributed by atoms with E-state index >= 15 is 0 Å².